The summed E-state index contributed by atoms with van der Waals surface area (Å²) >= 11 is 7.60. The first-order chi connectivity index (χ1) is 11.7. The van der Waals surface area contributed by atoms with Crippen molar-refractivity contribution in [2.75, 3.05) is 18.8 Å². The van der Waals surface area contributed by atoms with Crippen molar-refractivity contribution in [3.8, 4) is 0 Å². The van der Waals surface area contributed by atoms with Crippen LogP contribution < -0.4 is 10.6 Å². The van der Waals surface area contributed by atoms with Gasteiger partial charge in [0.1, 0.15) is 5.82 Å². The topological polar surface area (TPSA) is 49.3 Å². The highest BCUT2D eigenvalue weighted by Crippen LogP contribution is 2.19. The molecule has 1 aromatic heterocycles. The fraction of sp³-hybridized carbons (Fsp3) is 0.294. The van der Waals surface area contributed by atoms with Crippen LogP contribution in [0.15, 0.2) is 52.5 Å². The zero-order chi connectivity index (χ0) is 17.2. The van der Waals surface area contributed by atoms with Gasteiger partial charge in [0.05, 0.1) is 12.2 Å². The van der Waals surface area contributed by atoms with Crippen molar-refractivity contribution in [2.24, 2.45) is 4.99 Å². The van der Waals surface area contributed by atoms with Gasteiger partial charge in [0, 0.05) is 35.0 Å². The van der Waals surface area contributed by atoms with E-state index in [1.165, 1.54) is 11.0 Å². The van der Waals surface area contributed by atoms with Crippen molar-refractivity contribution in [3.05, 3.63) is 59.1 Å². The Bertz CT molecular complexity index is 670. The Labute approximate surface area is 174 Å². The molecule has 0 aliphatic carbocycles. The van der Waals surface area contributed by atoms with Crippen LogP contribution in [-0.4, -0.2) is 29.8 Å². The summed E-state index contributed by atoms with van der Waals surface area (Å²) in [7, 11) is 0. The molecule has 0 bridgehead atoms. The average Bonchev–Trinajstić information content (AvgIpc) is 2.59. The maximum atomic E-state index is 13.6. The van der Waals surface area contributed by atoms with Crippen LogP contribution in [0, 0.1) is 5.82 Å². The molecule has 0 aliphatic rings. The van der Waals surface area contributed by atoms with Gasteiger partial charge in [0.15, 0.2) is 5.96 Å². The van der Waals surface area contributed by atoms with Gasteiger partial charge in [-0.1, -0.05) is 11.6 Å². The number of benzene rings is 1. The summed E-state index contributed by atoms with van der Waals surface area (Å²) in [4.78, 5) is 9.53. The Kier molecular flexibility index (Phi) is 10.8. The number of hydrogen-bond donors (Lipinski definition) is 2. The van der Waals surface area contributed by atoms with E-state index in [0.717, 1.165) is 23.9 Å². The number of nitrogens with one attached hydrogen (secondary N) is 2. The zero-order valence-corrected chi connectivity index (χ0v) is 17.7. The Morgan fingerprint density at radius 2 is 2.00 bits per heavy atom. The van der Waals surface area contributed by atoms with Crippen LogP contribution in [0.1, 0.15) is 12.6 Å². The summed E-state index contributed by atoms with van der Waals surface area (Å²) in [6, 6.07) is 10.7. The third-order valence-corrected chi connectivity index (χ3v) is 4.31. The van der Waals surface area contributed by atoms with Gasteiger partial charge in [0.2, 0.25) is 0 Å². The Morgan fingerprint density at radius 1 is 1.24 bits per heavy atom. The second-order valence-electron chi connectivity index (χ2n) is 4.86. The van der Waals surface area contributed by atoms with Crippen molar-refractivity contribution >= 4 is 53.3 Å². The summed E-state index contributed by atoms with van der Waals surface area (Å²) in [5, 5.41) is 7.11. The van der Waals surface area contributed by atoms with E-state index in [4.69, 9.17) is 11.6 Å². The molecule has 2 rings (SSSR count). The Balaban J connectivity index is 0.00000312. The smallest absolute Gasteiger partial charge is 0.191 e. The summed E-state index contributed by atoms with van der Waals surface area (Å²) in [6.07, 6.45) is 1.57. The number of pyridine rings is 1. The molecule has 0 saturated carbocycles. The number of guanidine groups is 1. The first-order valence-corrected chi connectivity index (χ1v) is 9.05. The molecule has 0 amide bonds. The summed E-state index contributed by atoms with van der Waals surface area (Å²) in [6.45, 7) is 3.66. The number of halogens is 3. The molecular weight excluding hydrogens is 474 g/mol. The minimum atomic E-state index is -0.338. The molecule has 0 aliphatic heterocycles. The van der Waals surface area contributed by atoms with Crippen LogP contribution >= 0.6 is 47.3 Å². The SMILES string of the molecule is CCNC(=NCc1ncccc1F)NCCSc1ccc(Cl)cc1.I. The number of hydrogen-bond acceptors (Lipinski definition) is 3. The predicted octanol–water partition coefficient (Wildman–Crippen LogP) is 4.34. The molecule has 2 aromatic rings. The first-order valence-electron chi connectivity index (χ1n) is 7.69. The Morgan fingerprint density at radius 3 is 2.68 bits per heavy atom. The van der Waals surface area contributed by atoms with Crippen molar-refractivity contribution in [1.29, 1.82) is 0 Å². The third-order valence-electron chi connectivity index (χ3n) is 3.04. The summed E-state index contributed by atoms with van der Waals surface area (Å²) < 4.78 is 13.6. The number of thioether (sulfide) groups is 1. The highest BCUT2D eigenvalue weighted by Gasteiger charge is 2.03. The predicted molar refractivity (Wildman–Crippen MR) is 115 cm³/mol. The molecule has 1 aromatic carbocycles. The third kappa shape index (κ3) is 8.24. The lowest BCUT2D eigenvalue weighted by Crippen LogP contribution is -2.38. The van der Waals surface area contributed by atoms with Gasteiger partial charge in [-0.05, 0) is 43.3 Å². The number of nitrogens with zero attached hydrogens (tertiary/aromatic N) is 2. The van der Waals surface area contributed by atoms with Gasteiger partial charge >= 0.3 is 0 Å². The van der Waals surface area contributed by atoms with Gasteiger partial charge in [-0.15, -0.1) is 35.7 Å². The highest BCUT2D eigenvalue weighted by atomic mass is 127. The van der Waals surface area contributed by atoms with Crippen LogP contribution in [0.2, 0.25) is 5.02 Å². The van der Waals surface area contributed by atoms with E-state index in [9.17, 15) is 4.39 Å². The van der Waals surface area contributed by atoms with E-state index in [2.05, 4.69) is 20.6 Å². The molecule has 0 atom stereocenters. The van der Waals surface area contributed by atoms with Crippen LogP contribution in [0.25, 0.3) is 0 Å². The highest BCUT2D eigenvalue weighted by molar-refractivity contribution is 14.0. The fourth-order valence-corrected chi connectivity index (χ4v) is 2.79. The fourth-order valence-electron chi connectivity index (χ4n) is 1.90. The lowest BCUT2D eigenvalue weighted by atomic mass is 10.3. The van der Waals surface area contributed by atoms with E-state index in [0.29, 0.717) is 11.7 Å². The maximum Gasteiger partial charge on any atom is 0.191 e. The zero-order valence-electron chi connectivity index (χ0n) is 13.8. The van der Waals surface area contributed by atoms with Gasteiger partial charge in [0.25, 0.3) is 0 Å². The van der Waals surface area contributed by atoms with Crippen LogP contribution in [0.4, 0.5) is 4.39 Å². The Hall–Kier alpha value is -1.06. The van der Waals surface area contributed by atoms with Gasteiger partial charge in [-0.25, -0.2) is 9.38 Å². The standard InChI is InChI=1S/C17H20ClFN4S.HI/c1-2-20-17(23-12-16-15(19)4-3-9-21-16)22-10-11-24-14-7-5-13(18)6-8-14;/h3-9H,2,10-12H2,1H3,(H2,20,22,23);1H. The number of aromatic nitrogens is 1. The normalized spacial score (nSPS) is 10.9. The molecule has 1 heterocycles. The lowest BCUT2D eigenvalue weighted by molar-refractivity contribution is 0.599. The summed E-state index contributed by atoms with van der Waals surface area (Å²) in [5.41, 5.74) is 0.338. The summed E-state index contributed by atoms with van der Waals surface area (Å²) in [5.74, 6) is 1.19. The molecule has 25 heavy (non-hydrogen) atoms. The molecule has 0 saturated heterocycles. The van der Waals surface area contributed by atoms with Crippen LogP contribution in [-0.2, 0) is 6.54 Å². The van der Waals surface area contributed by atoms with Crippen molar-refractivity contribution in [1.82, 2.24) is 15.6 Å². The molecule has 0 radical (unpaired) electrons. The number of aliphatic imine (C=N–C) groups is 1. The monoisotopic (exact) mass is 494 g/mol. The molecule has 136 valence electrons. The molecule has 4 nitrogen and oxygen atoms in total. The van der Waals surface area contributed by atoms with Crippen molar-refractivity contribution in [2.45, 2.75) is 18.4 Å². The first kappa shape index (κ1) is 22.0. The van der Waals surface area contributed by atoms with Gasteiger partial charge in [-0.2, -0.15) is 0 Å². The minimum Gasteiger partial charge on any atom is -0.357 e. The quantitative estimate of drug-likeness (QED) is 0.198. The second kappa shape index (κ2) is 12.3. The largest absolute Gasteiger partial charge is 0.357 e. The molecule has 0 fully saturated rings. The molecule has 8 heteroatoms. The molecular formula is C17H21ClFIN4S. The van der Waals surface area contributed by atoms with Crippen LogP contribution in [0.5, 0.6) is 0 Å². The maximum absolute atomic E-state index is 13.6. The van der Waals surface area contributed by atoms with Crippen molar-refractivity contribution in [3.63, 3.8) is 0 Å². The molecule has 0 spiro atoms. The average molecular weight is 495 g/mol. The molecule has 0 unspecified atom stereocenters. The van der Waals surface area contributed by atoms with Gasteiger partial charge in [-0.3, -0.25) is 4.98 Å². The number of rotatable bonds is 7. The van der Waals surface area contributed by atoms with Crippen molar-refractivity contribution < 1.29 is 4.39 Å². The van der Waals surface area contributed by atoms with Gasteiger partial charge < -0.3 is 10.6 Å². The van der Waals surface area contributed by atoms with E-state index in [1.54, 1.807) is 24.0 Å². The minimum absolute atomic E-state index is 0. The van der Waals surface area contributed by atoms with E-state index in [-0.39, 0.29) is 36.3 Å². The van der Waals surface area contributed by atoms with E-state index in [1.807, 2.05) is 31.2 Å². The lowest BCUT2D eigenvalue weighted by Gasteiger charge is -2.11. The second-order valence-corrected chi connectivity index (χ2v) is 6.46. The van der Waals surface area contributed by atoms with E-state index < -0.39 is 0 Å². The molecule has 2 N–H and O–H groups in total. The van der Waals surface area contributed by atoms with Crippen LogP contribution in [0.3, 0.4) is 0 Å². The van der Waals surface area contributed by atoms with E-state index >= 15 is 0 Å².